The van der Waals surface area contributed by atoms with Crippen LogP contribution >= 0.6 is 0 Å². The molecule has 22 heavy (non-hydrogen) atoms. The molecule has 0 aliphatic heterocycles. The average Bonchev–Trinajstić information content (AvgIpc) is 3.01. The van der Waals surface area contributed by atoms with Crippen LogP contribution in [0.5, 0.6) is 0 Å². The molecule has 2 heterocycles. The second kappa shape index (κ2) is 6.33. The highest BCUT2D eigenvalue weighted by atomic mass is 16.6. The number of hydrogen-bond acceptors (Lipinski definition) is 7. The van der Waals surface area contributed by atoms with E-state index in [-0.39, 0.29) is 23.4 Å². The number of anilines is 3. The van der Waals surface area contributed by atoms with E-state index in [0.29, 0.717) is 5.82 Å². The molecule has 1 aliphatic carbocycles. The minimum absolute atomic E-state index is 0.138. The van der Waals surface area contributed by atoms with E-state index in [1.54, 1.807) is 24.4 Å². The summed E-state index contributed by atoms with van der Waals surface area (Å²) in [5, 5.41) is 17.5. The summed E-state index contributed by atoms with van der Waals surface area (Å²) in [6, 6.07) is 5.51. The topological polar surface area (TPSA) is 106 Å². The molecular formula is C14H16N6O2. The lowest BCUT2D eigenvalue weighted by Crippen LogP contribution is -2.17. The predicted molar refractivity (Wildman–Crippen MR) is 82.1 cm³/mol. The van der Waals surface area contributed by atoms with E-state index < -0.39 is 4.92 Å². The molecule has 3 rings (SSSR count). The van der Waals surface area contributed by atoms with E-state index >= 15 is 0 Å². The molecule has 0 spiro atoms. The van der Waals surface area contributed by atoms with Crippen LogP contribution in [0.1, 0.15) is 25.7 Å². The minimum Gasteiger partial charge on any atom is -0.361 e. The third-order valence-corrected chi connectivity index (χ3v) is 3.61. The second-order valence-corrected chi connectivity index (χ2v) is 5.14. The zero-order chi connectivity index (χ0) is 15.4. The van der Waals surface area contributed by atoms with Gasteiger partial charge in [-0.25, -0.2) is 15.0 Å². The molecule has 0 unspecified atom stereocenters. The molecule has 1 aliphatic rings. The van der Waals surface area contributed by atoms with Gasteiger partial charge in [-0.15, -0.1) is 0 Å². The van der Waals surface area contributed by atoms with Gasteiger partial charge in [0.05, 0.1) is 4.92 Å². The van der Waals surface area contributed by atoms with Crippen LogP contribution in [0.4, 0.5) is 23.1 Å². The van der Waals surface area contributed by atoms with Crippen molar-refractivity contribution in [2.45, 2.75) is 31.7 Å². The molecule has 1 fully saturated rings. The Morgan fingerprint density at radius 1 is 1.14 bits per heavy atom. The van der Waals surface area contributed by atoms with Gasteiger partial charge in [0, 0.05) is 12.2 Å². The summed E-state index contributed by atoms with van der Waals surface area (Å²) in [6.45, 7) is 0. The number of aromatic nitrogens is 3. The summed E-state index contributed by atoms with van der Waals surface area (Å²) in [4.78, 5) is 23.1. The van der Waals surface area contributed by atoms with Crippen LogP contribution in [0, 0.1) is 10.1 Å². The number of rotatable bonds is 5. The standard InChI is InChI=1S/C14H16N6O2/c21-20(22)12-13(18-10-5-1-2-6-10)16-9-17-14(12)19-11-7-3-4-8-15-11/h3-4,7-10H,1-2,5-6H2,(H2,15,16,17,18,19). The maximum atomic E-state index is 11.4. The van der Waals surface area contributed by atoms with Crippen LogP contribution in [0.15, 0.2) is 30.7 Å². The van der Waals surface area contributed by atoms with Crippen molar-refractivity contribution in [3.05, 3.63) is 40.8 Å². The number of hydrogen-bond donors (Lipinski definition) is 2. The fourth-order valence-corrected chi connectivity index (χ4v) is 2.57. The number of pyridine rings is 1. The van der Waals surface area contributed by atoms with E-state index in [0.717, 1.165) is 25.7 Å². The maximum absolute atomic E-state index is 11.4. The summed E-state index contributed by atoms with van der Waals surface area (Å²) in [5.41, 5.74) is -0.153. The first-order chi connectivity index (χ1) is 10.7. The SMILES string of the molecule is O=[N+]([O-])c1c(Nc2ccccn2)ncnc1NC1CCCC1. The summed E-state index contributed by atoms with van der Waals surface area (Å²) in [7, 11) is 0. The Morgan fingerprint density at radius 3 is 2.59 bits per heavy atom. The summed E-state index contributed by atoms with van der Waals surface area (Å²) < 4.78 is 0. The van der Waals surface area contributed by atoms with Crippen molar-refractivity contribution < 1.29 is 4.92 Å². The van der Waals surface area contributed by atoms with Crippen molar-refractivity contribution in [2.24, 2.45) is 0 Å². The van der Waals surface area contributed by atoms with E-state index in [4.69, 9.17) is 0 Å². The second-order valence-electron chi connectivity index (χ2n) is 5.14. The average molecular weight is 300 g/mol. The molecule has 0 radical (unpaired) electrons. The number of nitrogens with one attached hydrogen (secondary N) is 2. The quantitative estimate of drug-likeness (QED) is 0.646. The molecule has 0 bridgehead atoms. The lowest BCUT2D eigenvalue weighted by Gasteiger charge is -2.13. The van der Waals surface area contributed by atoms with E-state index in [1.165, 1.54) is 6.33 Å². The van der Waals surface area contributed by atoms with Crippen LogP contribution in [0.25, 0.3) is 0 Å². The normalized spacial score (nSPS) is 14.7. The Hall–Kier alpha value is -2.77. The fraction of sp³-hybridized carbons (Fsp3) is 0.357. The molecular weight excluding hydrogens is 284 g/mol. The van der Waals surface area contributed by atoms with Gasteiger partial charge in [-0.1, -0.05) is 18.9 Å². The fourth-order valence-electron chi connectivity index (χ4n) is 2.57. The van der Waals surface area contributed by atoms with Crippen molar-refractivity contribution in [3.8, 4) is 0 Å². The first-order valence-corrected chi connectivity index (χ1v) is 7.18. The largest absolute Gasteiger partial charge is 0.361 e. The maximum Gasteiger partial charge on any atom is 0.353 e. The van der Waals surface area contributed by atoms with Gasteiger partial charge < -0.3 is 10.6 Å². The van der Waals surface area contributed by atoms with E-state index in [1.807, 2.05) is 0 Å². The van der Waals surface area contributed by atoms with Crippen LogP contribution in [0.3, 0.4) is 0 Å². The Morgan fingerprint density at radius 2 is 1.91 bits per heavy atom. The summed E-state index contributed by atoms with van der Waals surface area (Å²) in [6.07, 6.45) is 7.20. The summed E-state index contributed by atoms with van der Waals surface area (Å²) in [5.74, 6) is 0.889. The highest BCUT2D eigenvalue weighted by Crippen LogP contribution is 2.32. The molecule has 1 saturated carbocycles. The molecule has 114 valence electrons. The van der Waals surface area contributed by atoms with Crippen LogP contribution in [-0.4, -0.2) is 25.9 Å². The van der Waals surface area contributed by atoms with Gasteiger partial charge in [0.1, 0.15) is 12.1 Å². The first kappa shape index (κ1) is 14.2. The number of nitro groups is 1. The molecule has 0 amide bonds. The molecule has 2 aromatic heterocycles. The highest BCUT2D eigenvalue weighted by molar-refractivity contribution is 5.72. The highest BCUT2D eigenvalue weighted by Gasteiger charge is 2.26. The lowest BCUT2D eigenvalue weighted by atomic mass is 10.2. The zero-order valence-corrected chi connectivity index (χ0v) is 11.9. The Bertz CT molecular complexity index is 658. The molecule has 8 heteroatoms. The van der Waals surface area contributed by atoms with Gasteiger partial charge >= 0.3 is 5.69 Å². The van der Waals surface area contributed by atoms with Crippen LogP contribution < -0.4 is 10.6 Å². The molecule has 2 aromatic rings. The predicted octanol–water partition coefficient (Wildman–Crippen LogP) is 2.88. The minimum atomic E-state index is -0.470. The van der Waals surface area contributed by atoms with Crippen molar-refractivity contribution in [1.29, 1.82) is 0 Å². The van der Waals surface area contributed by atoms with Crippen molar-refractivity contribution in [1.82, 2.24) is 15.0 Å². The Balaban J connectivity index is 1.90. The Labute approximate surface area is 127 Å². The zero-order valence-electron chi connectivity index (χ0n) is 11.9. The molecule has 2 N–H and O–H groups in total. The van der Waals surface area contributed by atoms with Gasteiger partial charge in [-0.05, 0) is 25.0 Å². The van der Waals surface area contributed by atoms with Gasteiger partial charge in [0.15, 0.2) is 0 Å². The molecule has 0 saturated heterocycles. The number of nitrogens with zero attached hydrogens (tertiary/aromatic N) is 4. The first-order valence-electron chi connectivity index (χ1n) is 7.18. The van der Waals surface area contributed by atoms with E-state index in [2.05, 4.69) is 25.6 Å². The molecule has 0 atom stereocenters. The van der Waals surface area contributed by atoms with E-state index in [9.17, 15) is 10.1 Å². The third kappa shape index (κ3) is 3.11. The third-order valence-electron chi connectivity index (χ3n) is 3.61. The smallest absolute Gasteiger partial charge is 0.353 e. The van der Waals surface area contributed by atoms with Crippen molar-refractivity contribution in [3.63, 3.8) is 0 Å². The van der Waals surface area contributed by atoms with Crippen molar-refractivity contribution >= 4 is 23.1 Å². The Kier molecular flexibility index (Phi) is 4.08. The van der Waals surface area contributed by atoms with Gasteiger partial charge in [0.25, 0.3) is 0 Å². The van der Waals surface area contributed by atoms with Gasteiger partial charge in [-0.3, -0.25) is 10.1 Å². The van der Waals surface area contributed by atoms with Crippen molar-refractivity contribution in [2.75, 3.05) is 10.6 Å². The van der Waals surface area contributed by atoms with Gasteiger partial charge in [0.2, 0.25) is 11.6 Å². The van der Waals surface area contributed by atoms with Gasteiger partial charge in [-0.2, -0.15) is 0 Å². The van der Waals surface area contributed by atoms with Crippen LogP contribution in [-0.2, 0) is 0 Å². The lowest BCUT2D eigenvalue weighted by molar-refractivity contribution is -0.383. The molecule has 0 aromatic carbocycles. The summed E-state index contributed by atoms with van der Waals surface area (Å²) >= 11 is 0. The van der Waals surface area contributed by atoms with Crippen LogP contribution in [0.2, 0.25) is 0 Å². The monoisotopic (exact) mass is 300 g/mol. The molecule has 8 nitrogen and oxygen atoms in total.